The number of esters is 1. The number of hydrogen-bond donors (Lipinski definition) is 3. The van der Waals surface area contributed by atoms with Crippen LogP contribution < -0.4 is 5.32 Å². The minimum Gasteiger partial charge on any atom is -0.456 e. The smallest absolute Gasteiger partial charge is 0.407 e. The largest absolute Gasteiger partial charge is 0.456 e. The molecule has 1 amide bonds. The van der Waals surface area contributed by atoms with E-state index in [0.29, 0.717) is 31.1 Å². The van der Waals surface area contributed by atoms with Crippen molar-refractivity contribution in [3.63, 3.8) is 0 Å². The van der Waals surface area contributed by atoms with Crippen LogP contribution in [0.3, 0.4) is 0 Å². The molecular formula is C36H56NO7. The lowest BCUT2D eigenvalue weighted by atomic mass is 9.41. The maximum atomic E-state index is 12.6. The van der Waals surface area contributed by atoms with E-state index >= 15 is 0 Å². The number of aliphatic hydroxyl groups excluding tert-OH is 1. The molecule has 1 aliphatic heterocycles. The van der Waals surface area contributed by atoms with Gasteiger partial charge in [-0.25, -0.2) is 4.79 Å². The number of aliphatic hydroxyl groups is 2. The number of fused-ring (bicyclic) bond motifs is 4. The number of carbonyl (C=O) groups excluding carboxylic acids is 2. The number of carbonyl (C=O) groups is 2. The van der Waals surface area contributed by atoms with E-state index < -0.39 is 29.2 Å². The van der Waals surface area contributed by atoms with Gasteiger partial charge < -0.3 is 29.7 Å². The molecule has 8 heteroatoms. The monoisotopic (exact) mass is 614 g/mol. The minimum absolute atomic E-state index is 0.0746. The van der Waals surface area contributed by atoms with Gasteiger partial charge in [0.05, 0.1) is 11.7 Å². The summed E-state index contributed by atoms with van der Waals surface area (Å²) in [5, 5.41) is 26.2. The van der Waals surface area contributed by atoms with Crippen LogP contribution in [0.2, 0.25) is 0 Å². The third-order valence-corrected chi connectivity index (χ3v) is 14.0. The SMILES string of the molecule is CCCNC(=O)O[C@H]1CC[C@]23C[C@]24CC[C@]2(C)[C@@H]5[C](O[C]([C@H](OC(C)=O)C(C)(C)O)C[C@H]5C)[C@H](O)[C@@]2(C)[C]4CC[C@H]3C1(C)C. The Morgan fingerprint density at radius 3 is 2.48 bits per heavy atom. The van der Waals surface area contributed by atoms with Crippen LogP contribution in [0.5, 0.6) is 0 Å². The summed E-state index contributed by atoms with van der Waals surface area (Å²) in [4.78, 5) is 24.6. The second-order valence-electron chi connectivity index (χ2n) is 17.0. The fourth-order valence-electron chi connectivity index (χ4n) is 12.0. The number of ether oxygens (including phenoxy) is 3. The van der Waals surface area contributed by atoms with Crippen molar-refractivity contribution in [1.82, 2.24) is 5.32 Å². The number of hydrogen-bond acceptors (Lipinski definition) is 7. The maximum absolute atomic E-state index is 12.6. The highest BCUT2D eigenvalue weighted by molar-refractivity contribution is 5.67. The van der Waals surface area contributed by atoms with Crippen LogP contribution in [0.4, 0.5) is 4.79 Å². The highest BCUT2D eigenvalue weighted by atomic mass is 16.6. The fourth-order valence-corrected chi connectivity index (χ4v) is 12.0. The first-order valence-corrected chi connectivity index (χ1v) is 17.2. The molecule has 1 saturated heterocycles. The van der Waals surface area contributed by atoms with E-state index in [4.69, 9.17) is 14.2 Å². The van der Waals surface area contributed by atoms with Gasteiger partial charge in [0.25, 0.3) is 0 Å². The third-order valence-electron chi connectivity index (χ3n) is 14.0. The average molecular weight is 615 g/mol. The molecule has 10 atom stereocenters. The summed E-state index contributed by atoms with van der Waals surface area (Å²) in [7, 11) is 0. The average Bonchev–Trinajstić information content (AvgIpc) is 3.56. The summed E-state index contributed by atoms with van der Waals surface area (Å²) in [5.41, 5.74) is -1.75. The van der Waals surface area contributed by atoms with Crippen molar-refractivity contribution in [3.05, 3.63) is 18.1 Å². The molecule has 44 heavy (non-hydrogen) atoms. The molecule has 0 aromatic heterocycles. The predicted molar refractivity (Wildman–Crippen MR) is 165 cm³/mol. The van der Waals surface area contributed by atoms with Crippen LogP contribution in [0.1, 0.15) is 120 Å². The summed E-state index contributed by atoms with van der Waals surface area (Å²) < 4.78 is 18.3. The lowest BCUT2D eigenvalue weighted by Gasteiger charge is -2.63. The molecule has 2 spiro atoms. The normalized spacial score (nSPS) is 45.6. The van der Waals surface area contributed by atoms with Gasteiger partial charge in [-0.05, 0) is 106 Å². The molecular weight excluding hydrogens is 558 g/mol. The standard InChI is InChI=1S/C36H56NO7/c1-10-17-37-30(40)44-25-13-14-35-19-36(35)16-15-33(8)26-20(2)18-22(29(32(6,7)41)42-21(3)38)43-27(26)28(39)34(33,9)24(36)12-11-23(35)31(25,4)5/h20,23,25-26,28-29,39,41H,10-19H2,1-9H3,(H,37,40)/t20-,23+,25+,26+,28+,29+,33-,34-,35-,36+/m1/s1. The first kappa shape index (κ1) is 32.6. The van der Waals surface area contributed by atoms with Gasteiger partial charge >= 0.3 is 12.1 Å². The van der Waals surface area contributed by atoms with Gasteiger partial charge in [-0.3, -0.25) is 4.79 Å². The van der Waals surface area contributed by atoms with Crippen molar-refractivity contribution >= 4 is 12.1 Å². The molecule has 6 rings (SSSR count). The Kier molecular flexibility index (Phi) is 7.63. The molecule has 1 heterocycles. The zero-order valence-electron chi connectivity index (χ0n) is 28.5. The van der Waals surface area contributed by atoms with Crippen LogP contribution in [0.25, 0.3) is 0 Å². The van der Waals surface area contributed by atoms with Crippen molar-refractivity contribution in [2.24, 2.45) is 44.8 Å². The van der Waals surface area contributed by atoms with Gasteiger partial charge in [0.1, 0.15) is 18.3 Å². The summed E-state index contributed by atoms with van der Waals surface area (Å²) in [6, 6.07) is 0. The molecule has 6 aliphatic rings. The summed E-state index contributed by atoms with van der Waals surface area (Å²) >= 11 is 0. The zero-order valence-corrected chi connectivity index (χ0v) is 28.5. The van der Waals surface area contributed by atoms with E-state index in [1.54, 1.807) is 13.8 Å². The molecule has 0 bridgehead atoms. The Balaban J connectivity index is 1.27. The fraction of sp³-hybridized carbons (Fsp3) is 0.861. The molecule has 5 aliphatic carbocycles. The minimum atomic E-state index is -1.32. The molecule has 3 radical (unpaired) electrons. The molecule has 247 valence electrons. The number of alkyl carbamates (subject to hydrolysis) is 1. The van der Waals surface area contributed by atoms with Crippen LogP contribution >= 0.6 is 0 Å². The number of amides is 1. The van der Waals surface area contributed by atoms with Gasteiger partial charge in [-0.2, -0.15) is 0 Å². The van der Waals surface area contributed by atoms with Gasteiger partial charge in [-0.1, -0.05) is 41.5 Å². The summed E-state index contributed by atoms with van der Waals surface area (Å²) in [6.07, 6.45) is 7.87. The zero-order chi connectivity index (χ0) is 32.3. The second-order valence-corrected chi connectivity index (χ2v) is 17.0. The van der Waals surface area contributed by atoms with E-state index in [0.717, 1.165) is 51.4 Å². The van der Waals surface area contributed by atoms with E-state index in [2.05, 4.69) is 39.9 Å². The predicted octanol–water partition coefficient (Wildman–Crippen LogP) is 6.29. The van der Waals surface area contributed by atoms with Gasteiger partial charge in [-0.15, -0.1) is 0 Å². The van der Waals surface area contributed by atoms with E-state index in [1.807, 2.05) is 6.92 Å². The molecule has 8 nitrogen and oxygen atoms in total. The van der Waals surface area contributed by atoms with E-state index in [1.165, 1.54) is 12.8 Å². The van der Waals surface area contributed by atoms with Crippen LogP contribution in [0.15, 0.2) is 0 Å². The Hall–Kier alpha value is -1.38. The Bertz CT molecular complexity index is 1170. The third kappa shape index (κ3) is 4.24. The van der Waals surface area contributed by atoms with Crippen molar-refractivity contribution in [2.45, 2.75) is 144 Å². The van der Waals surface area contributed by atoms with Crippen LogP contribution in [-0.4, -0.2) is 52.7 Å². The quantitative estimate of drug-likeness (QED) is 0.301. The van der Waals surface area contributed by atoms with Crippen molar-refractivity contribution in [2.75, 3.05) is 6.54 Å². The molecule has 6 fully saturated rings. The molecule has 0 aromatic rings. The topological polar surface area (TPSA) is 114 Å². The van der Waals surface area contributed by atoms with Gasteiger partial charge in [0, 0.05) is 30.2 Å². The van der Waals surface area contributed by atoms with Crippen molar-refractivity contribution in [1.29, 1.82) is 0 Å². The number of nitrogens with one attached hydrogen (secondary N) is 1. The van der Waals surface area contributed by atoms with Crippen LogP contribution in [-0.2, 0) is 19.0 Å². The molecule has 5 saturated carbocycles. The Morgan fingerprint density at radius 1 is 1.14 bits per heavy atom. The molecule has 0 aromatic carbocycles. The highest BCUT2D eigenvalue weighted by Crippen LogP contribution is 2.90. The summed E-state index contributed by atoms with van der Waals surface area (Å²) in [5.74, 6) is 1.78. The Morgan fingerprint density at radius 2 is 1.84 bits per heavy atom. The van der Waals surface area contributed by atoms with Crippen molar-refractivity contribution in [3.8, 4) is 0 Å². The van der Waals surface area contributed by atoms with E-state index in [-0.39, 0.29) is 45.7 Å². The van der Waals surface area contributed by atoms with Gasteiger partial charge in [0.2, 0.25) is 0 Å². The Labute approximate surface area is 264 Å². The van der Waals surface area contributed by atoms with E-state index in [9.17, 15) is 19.8 Å². The van der Waals surface area contributed by atoms with Crippen LogP contribution in [0, 0.1) is 63.0 Å². The van der Waals surface area contributed by atoms with Crippen molar-refractivity contribution < 1.29 is 34.0 Å². The molecule has 3 N–H and O–H groups in total. The van der Waals surface area contributed by atoms with Gasteiger partial charge in [0.15, 0.2) is 6.10 Å². The first-order valence-electron chi connectivity index (χ1n) is 17.2. The second kappa shape index (κ2) is 10.3. The lowest BCUT2D eigenvalue weighted by molar-refractivity contribution is -0.171. The maximum Gasteiger partial charge on any atom is 0.407 e. The highest BCUT2D eigenvalue weighted by Gasteiger charge is 2.85. The molecule has 0 unspecified atom stereocenters. The number of rotatable bonds is 6. The first-order chi connectivity index (χ1) is 20.4. The summed E-state index contributed by atoms with van der Waals surface area (Å²) in [6.45, 7) is 18.8. The lowest BCUT2D eigenvalue weighted by Crippen LogP contribution is -2.59.